The molecule has 0 saturated heterocycles. The highest BCUT2D eigenvalue weighted by atomic mass is 16.2. The quantitative estimate of drug-likeness (QED) is 0.918. The molecular weight excluding hydrogens is 252 g/mol. The molecule has 1 rings (SSSR count). The first kappa shape index (κ1) is 16.2. The minimum atomic E-state index is -0.482. The Hall–Kier alpha value is -1.84. The molecule has 0 aromatic heterocycles. The molecule has 0 spiro atoms. The Bertz CT molecular complexity index is 463. The van der Waals surface area contributed by atoms with Crippen molar-refractivity contribution in [3.05, 3.63) is 35.9 Å². The predicted molar refractivity (Wildman–Crippen MR) is 80.1 cm³/mol. The fourth-order valence-corrected chi connectivity index (χ4v) is 1.72. The predicted octanol–water partition coefficient (Wildman–Crippen LogP) is 2.37. The Balaban J connectivity index is 2.58. The zero-order valence-electron chi connectivity index (χ0n) is 12.9. The second-order valence-electron chi connectivity index (χ2n) is 6.02. The van der Waals surface area contributed by atoms with Gasteiger partial charge >= 0.3 is 0 Å². The van der Waals surface area contributed by atoms with Gasteiger partial charge in [0.1, 0.15) is 0 Å². The summed E-state index contributed by atoms with van der Waals surface area (Å²) >= 11 is 0. The summed E-state index contributed by atoms with van der Waals surface area (Å²) in [4.78, 5) is 25.5. The van der Waals surface area contributed by atoms with Crippen molar-refractivity contribution < 1.29 is 9.59 Å². The van der Waals surface area contributed by atoms with Crippen LogP contribution in [-0.4, -0.2) is 30.3 Å². The Morgan fingerprint density at radius 1 is 1.20 bits per heavy atom. The van der Waals surface area contributed by atoms with Gasteiger partial charge in [0.05, 0.1) is 12.6 Å². The van der Waals surface area contributed by atoms with Crippen molar-refractivity contribution >= 4 is 11.8 Å². The van der Waals surface area contributed by atoms with E-state index in [9.17, 15) is 9.59 Å². The summed E-state index contributed by atoms with van der Waals surface area (Å²) in [6.45, 7) is 7.47. The molecule has 0 fully saturated rings. The molecule has 1 atom stereocenters. The monoisotopic (exact) mass is 276 g/mol. The van der Waals surface area contributed by atoms with Crippen LogP contribution < -0.4 is 5.32 Å². The normalized spacial score (nSPS) is 12.7. The Morgan fingerprint density at radius 2 is 1.75 bits per heavy atom. The molecule has 0 bridgehead atoms. The number of nitrogens with zero attached hydrogens (tertiary/aromatic N) is 1. The van der Waals surface area contributed by atoms with Crippen molar-refractivity contribution in [2.45, 2.75) is 33.7 Å². The summed E-state index contributed by atoms with van der Waals surface area (Å²) in [5.41, 5.74) is 0.592. The zero-order chi connectivity index (χ0) is 15.3. The summed E-state index contributed by atoms with van der Waals surface area (Å²) in [6.07, 6.45) is 0. The molecule has 1 unspecified atom stereocenters. The van der Waals surface area contributed by atoms with Gasteiger partial charge in [-0.3, -0.25) is 9.59 Å². The van der Waals surface area contributed by atoms with Crippen LogP contribution in [0, 0.1) is 5.41 Å². The molecule has 110 valence electrons. The Labute approximate surface area is 121 Å². The lowest BCUT2D eigenvalue weighted by molar-refractivity contribution is -0.135. The van der Waals surface area contributed by atoms with E-state index in [1.807, 2.05) is 58.0 Å². The molecule has 1 N–H and O–H groups in total. The molecule has 20 heavy (non-hydrogen) atoms. The number of nitrogens with one attached hydrogen (secondary N) is 1. The average molecular weight is 276 g/mol. The van der Waals surface area contributed by atoms with Gasteiger partial charge < -0.3 is 10.2 Å². The molecule has 1 aromatic rings. The van der Waals surface area contributed by atoms with Crippen LogP contribution in [0.1, 0.15) is 39.3 Å². The third kappa shape index (κ3) is 4.37. The Kier molecular flexibility index (Phi) is 5.31. The second kappa shape index (κ2) is 6.55. The molecule has 0 heterocycles. The molecule has 2 amide bonds. The molecule has 4 nitrogen and oxygen atoms in total. The molecule has 0 aliphatic carbocycles. The number of benzene rings is 1. The number of rotatable bonds is 4. The number of amides is 2. The van der Waals surface area contributed by atoms with E-state index >= 15 is 0 Å². The van der Waals surface area contributed by atoms with Gasteiger partial charge in [-0.05, 0) is 12.5 Å². The zero-order valence-corrected chi connectivity index (χ0v) is 12.9. The summed E-state index contributed by atoms with van der Waals surface area (Å²) in [6, 6.07) is 9.80. The van der Waals surface area contributed by atoms with Crippen molar-refractivity contribution in [3.8, 4) is 0 Å². The highest BCUT2D eigenvalue weighted by Crippen LogP contribution is 2.18. The van der Waals surface area contributed by atoms with E-state index < -0.39 is 5.41 Å². The molecule has 0 saturated carbocycles. The van der Waals surface area contributed by atoms with Gasteiger partial charge in [0.25, 0.3) is 0 Å². The van der Waals surface area contributed by atoms with Crippen molar-refractivity contribution in [2.75, 3.05) is 13.6 Å². The van der Waals surface area contributed by atoms with Crippen LogP contribution in [0.15, 0.2) is 30.3 Å². The largest absolute Gasteiger partial charge is 0.347 e. The summed E-state index contributed by atoms with van der Waals surface area (Å²) in [7, 11) is 1.75. The standard InChI is InChI=1S/C16H24N2O2/c1-12(13-9-7-6-8-10-13)18(5)14(19)11-17-15(20)16(2,3)4/h6-10,12H,11H2,1-5H3,(H,17,20). The SMILES string of the molecule is CC(c1ccccc1)N(C)C(=O)CNC(=O)C(C)(C)C. The summed E-state index contributed by atoms with van der Waals surface area (Å²) in [5, 5.41) is 2.68. The maximum atomic E-state index is 12.1. The van der Waals surface area contributed by atoms with Crippen LogP contribution in [0.25, 0.3) is 0 Å². The van der Waals surface area contributed by atoms with E-state index in [4.69, 9.17) is 0 Å². The van der Waals surface area contributed by atoms with E-state index in [2.05, 4.69) is 5.32 Å². The van der Waals surface area contributed by atoms with Crippen LogP contribution in [0.4, 0.5) is 0 Å². The number of hydrogen-bond donors (Lipinski definition) is 1. The van der Waals surface area contributed by atoms with Crippen molar-refractivity contribution in [1.82, 2.24) is 10.2 Å². The van der Waals surface area contributed by atoms with Gasteiger partial charge in [-0.2, -0.15) is 0 Å². The molecular formula is C16H24N2O2. The van der Waals surface area contributed by atoms with E-state index in [1.54, 1.807) is 11.9 Å². The minimum Gasteiger partial charge on any atom is -0.347 e. The van der Waals surface area contributed by atoms with E-state index in [0.717, 1.165) is 5.56 Å². The first-order chi connectivity index (χ1) is 9.23. The topological polar surface area (TPSA) is 49.4 Å². The lowest BCUT2D eigenvalue weighted by atomic mass is 9.96. The van der Waals surface area contributed by atoms with Gasteiger partial charge in [0.15, 0.2) is 0 Å². The highest BCUT2D eigenvalue weighted by molar-refractivity contribution is 5.87. The number of carbonyl (C=O) groups excluding carboxylic acids is 2. The number of hydrogen-bond acceptors (Lipinski definition) is 2. The number of likely N-dealkylation sites (N-methyl/N-ethyl adjacent to an activating group) is 1. The fraction of sp³-hybridized carbons (Fsp3) is 0.500. The van der Waals surface area contributed by atoms with Crippen LogP contribution >= 0.6 is 0 Å². The maximum absolute atomic E-state index is 12.1. The van der Waals surface area contributed by atoms with Crippen LogP contribution in [0.2, 0.25) is 0 Å². The molecule has 0 aliphatic heterocycles. The smallest absolute Gasteiger partial charge is 0.242 e. The first-order valence-corrected chi connectivity index (χ1v) is 6.82. The lowest BCUT2D eigenvalue weighted by Crippen LogP contribution is -2.42. The van der Waals surface area contributed by atoms with Crippen molar-refractivity contribution in [2.24, 2.45) is 5.41 Å². The third-order valence-corrected chi connectivity index (χ3v) is 3.34. The third-order valence-electron chi connectivity index (χ3n) is 3.34. The molecule has 1 aromatic carbocycles. The van der Waals surface area contributed by atoms with E-state index in [1.165, 1.54) is 0 Å². The van der Waals surface area contributed by atoms with Crippen LogP contribution in [-0.2, 0) is 9.59 Å². The minimum absolute atomic E-state index is 0.0183. The summed E-state index contributed by atoms with van der Waals surface area (Å²) < 4.78 is 0. The highest BCUT2D eigenvalue weighted by Gasteiger charge is 2.23. The Morgan fingerprint density at radius 3 is 2.25 bits per heavy atom. The molecule has 4 heteroatoms. The first-order valence-electron chi connectivity index (χ1n) is 6.82. The van der Waals surface area contributed by atoms with Gasteiger partial charge in [-0.1, -0.05) is 51.1 Å². The van der Waals surface area contributed by atoms with Gasteiger partial charge in [-0.15, -0.1) is 0 Å². The van der Waals surface area contributed by atoms with Crippen molar-refractivity contribution in [1.29, 1.82) is 0 Å². The second-order valence-corrected chi connectivity index (χ2v) is 6.02. The lowest BCUT2D eigenvalue weighted by Gasteiger charge is -2.26. The maximum Gasteiger partial charge on any atom is 0.242 e. The van der Waals surface area contributed by atoms with Gasteiger partial charge in [-0.25, -0.2) is 0 Å². The van der Waals surface area contributed by atoms with Crippen LogP contribution in [0.3, 0.4) is 0 Å². The van der Waals surface area contributed by atoms with E-state index in [-0.39, 0.29) is 24.4 Å². The van der Waals surface area contributed by atoms with Gasteiger partial charge in [0.2, 0.25) is 11.8 Å². The molecule has 0 radical (unpaired) electrons. The average Bonchev–Trinajstić information content (AvgIpc) is 2.42. The van der Waals surface area contributed by atoms with Crippen LogP contribution in [0.5, 0.6) is 0 Å². The van der Waals surface area contributed by atoms with Gasteiger partial charge in [0, 0.05) is 12.5 Å². The van der Waals surface area contributed by atoms with Crippen molar-refractivity contribution in [3.63, 3.8) is 0 Å². The fourth-order valence-electron chi connectivity index (χ4n) is 1.72. The molecule has 0 aliphatic rings. The van der Waals surface area contributed by atoms with E-state index in [0.29, 0.717) is 0 Å². The number of carbonyl (C=O) groups is 2. The summed E-state index contributed by atoms with van der Waals surface area (Å²) in [5.74, 6) is -0.217.